The highest BCUT2D eigenvalue weighted by Gasteiger charge is 2.20. The Labute approximate surface area is 140 Å². The maximum Gasteiger partial charge on any atom is 0.190 e. The lowest BCUT2D eigenvalue weighted by molar-refractivity contribution is 0.342. The van der Waals surface area contributed by atoms with Crippen LogP contribution in [0, 0.1) is 5.92 Å². The van der Waals surface area contributed by atoms with E-state index in [2.05, 4.69) is 33.5 Å². The summed E-state index contributed by atoms with van der Waals surface area (Å²) >= 11 is 0. The SMILES string of the molecule is CCN1CCC(CNC(=NC)NCCc2ccccc2OC)C1. The summed E-state index contributed by atoms with van der Waals surface area (Å²) in [5.41, 5.74) is 1.22. The number of ether oxygens (including phenoxy) is 1. The fourth-order valence-corrected chi connectivity index (χ4v) is 3.05. The average Bonchev–Trinajstić information content (AvgIpc) is 3.06. The number of benzene rings is 1. The van der Waals surface area contributed by atoms with E-state index in [1.807, 2.05) is 25.2 Å². The Morgan fingerprint density at radius 3 is 2.87 bits per heavy atom. The molecule has 1 aromatic rings. The first-order chi connectivity index (χ1) is 11.3. The van der Waals surface area contributed by atoms with Crippen molar-refractivity contribution in [2.24, 2.45) is 10.9 Å². The summed E-state index contributed by atoms with van der Waals surface area (Å²) in [6.07, 6.45) is 2.19. The highest BCUT2D eigenvalue weighted by atomic mass is 16.5. The van der Waals surface area contributed by atoms with Gasteiger partial charge in [-0.1, -0.05) is 25.1 Å². The van der Waals surface area contributed by atoms with Gasteiger partial charge >= 0.3 is 0 Å². The van der Waals surface area contributed by atoms with Gasteiger partial charge in [0.1, 0.15) is 5.75 Å². The summed E-state index contributed by atoms with van der Waals surface area (Å²) < 4.78 is 5.39. The molecule has 0 radical (unpaired) electrons. The zero-order valence-electron chi connectivity index (χ0n) is 14.6. The monoisotopic (exact) mass is 318 g/mol. The van der Waals surface area contributed by atoms with E-state index in [0.717, 1.165) is 43.7 Å². The van der Waals surface area contributed by atoms with Crippen molar-refractivity contribution in [2.45, 2.75) is 19.8 Å². The van der Waals surface area contributed by atoms with Crippen LogP contribution >= 0.6 is 0 Å². The molecule has 2 rings (SSSR count). The van der Waals surface area contributed by atoms with Gasteiger partial charge in [0.25, 0.3) is 0 Å². The van der Waals surface area contributed by atoms with Gasteiger partial charge in [0, 0.05) is 26.7 Å². The van der Waals surface area contributed by atoms with Crippen LogP contribution in [0.3, 0.4) is 0 Å². The fourth-order valence-electron chi connectivity index (χ4n) is 3.05. The van der Waals surface area contributed by atoms with E-state index in [1.54, 1.807) is 7.11 Å². The highest BCUT2D eigenvalue weighted by Crippen LogP contribution is 2.17. The lowest BCUT2D eigenvalue weighted by atomic mass is 10.1. The van der Waals surface area contributed by atoms with Gasteiger partial charge in [-0.25, -0.2) is 0 Å². The molecule has 0 saturated carbocycles. The Morgan fingerprint density at radius 2 is 2.17 bits per heavy atom. The number of hydrogen-bond acceptors (Lipinski definition) is 3. The van der Waals surface area contributed by atoms with Crippen LogP contribution in [0.15, 0.2) is 29.3 Å². The first-order valence-electron chi connectivity index (χ1n) is 8.55. The molecule has 1 unspecified atom stereocenters. The van der Waals surface area contributed by atoms with Crippen molar-refractivity contribution in [1.29, 1.82) is 0 Å². The van der Waals surface area contributed by atoms with Crippen molar-refractivity contribution in [1.82, 2.24) is 15.5 Å². The smallest absolute Gasteiger partial charge is 0.190 e. The molecular formula is C18H30N4O. The van der Waals surface area contributed by atoms with Crippen LogP contribution in [-0.2, 0) is 6.42 Å². The quantitative estimate of drug-likeness (QED) is 0.594. The van der Waals surface area contributed by atoms with Crippen molar-refractivity contribution >= 4 is 5.96 Å². The molecule has 0 aliphatic carbocycles. The van der Waals surface area contributed by atoms with Crippen molar-refractivity contribution in [3.8, 4) is 5.75 Å². The molecule has 5 nitrogen and oxygen atoms in total. The minimum Gasteiger partial charge on any atom is -0.496 e. The first kappa shape index (κ1) is 17.6. The second kappa shape index (κ2) is 9.40. The molecule has 1 aromatic carbocycles. The summed E-state index contributed by atoms with van der Waals surface area (Å²) in [6, 6.07) is 8.15. The van der Waals surface area contributed by atoms with Gasteiger partial charge in [0.2, 0.25) is 0 Å². The van der Waals surface area contributed by atoms with Gasteiger partial charge in [0.05, 0.1) is 7.11 Å². The molecule has 1 aliphatic heterocycles. The molecule has 23 heavy (non-hydrogen) atoms. The maximum absolute atomic E-state index is 5.39. The van der Waals surface area contributed by atoms with E-state index in [-0.39, 0.29) is 0 Å². The Kier molecular flexibility index (Phi) is 7.20. The minimum absolute atomic E-state index is 0.725. The molecule has 0 spiro atoms. The van der Waals surface area contributed by atoms with Gasteiger partial charge < -0.3 is 20.3 Å². The van der Waals surface area contributed by atoms with Gasteiger partial charge in [-0.05, 0) is 43.5 Å². The van der Waals surface area contributed by atoms with Crippen LogP contribution < -0.4 is 15.4 Å². The first-order valence-corrected chi connectivity index (χ1v) is 8.55. The third kappa shape index (κ3) is 5.43. The molecule has 1 aliphatic rings. The van der Waals surface area contributed by atoms with Crippen LogP contribution in [0.5, 0.6) is 5.75 Å². The summed E-state index contributed by atoms with van der Waals surface area (Å²) in [7, 11) is 3.54. The Hall–Kier alpha value is -1.75. The number of guanidine groups is 1. The fraction of sp³-hybridized carbons (Fsp3) is 0.611. The number of likely N-dealkylation sites (tertiary alicyclic amines) is 1. The van der Waals surface area contributed by atoms with Crippen LogP contribution in [0.4, 0.5) is 0 Å². The van der Waals surface area contributed by atoms with E-state index in [1.165, 1.54) is 25.1 Å². The van der Waals surface area contributed by atoms with E-state index in [9.17, 15) is 0 Å². The molecule has 1 fully saturated rings. The van der Waals surface area contributed by atoms with Crippen molar-refractivity contribution in [3.05, 3.63) is 29.8 Å². The predicted molar refractivity (Wildman–Crippen MR) is 96.3 cm³/mol. The Balaban J connectivity index is 1.71. The molecule has 0 bridgehead atoms. The van der Waals surface area contributed by atoms with Crippen molar-refractivity contribution in [2.75, 3.05) is 46.9 Å². The lowest BCUT2D eigenvalue weighted by Crippen LogP contribution is -2.41. The van der Waals surface area contributed by atoms with E-state index < -0.39 is 0 Å². The zero-order chi connectivity index (χ0) is 16.5. The molecular weight excluding hydrogens is 288 g/mol. The molecule has 2 N–H and O–H groups in total. The van der Waals surface area contributed by atoms with Crippen LogP contribution in [0.2, 0.25) is 0 Å². The van der Waals surface area contributed by atoms with Gasteiger partial charge in [-0.2, -0.15) is 0 Å². The van der Waals surface area contributed by atoms with E-state index in [0.29, 0.717) is 0 Å². The second-order valence-corrected chi connectivity index (χ2v) is 5.99. The summed E-state index contributed by atoms with van der Waals surface area (Å²) in [5, 5.41) is 6.84. The number of nitrogens with one attached hydrogen (secondary N) is 2. The molecule has 1 atom stereocenters. The van der Waals surface area contributed by atoms with Crippen LogP contribution in [0.25, 0.3) is 0 Å². The summed E-state index contributed by atoms with van der Waals surface area (Å²) in [6.45, 7) is 7.64. The number of para-hydroxylation sites is 1. The van der Waals surface area contributed by atoms with Crippen LogP contribution in [-0.4, -0.2) is 57.7 Å². The topological polar surface area (TPSA) is 48.9 Å². The second-order valence-electron chi connectivity index (χ2n) is 5.99. The third-order valence-electron chi connectivity index (χ3n) is 4.48. The minimum atomic E-state index is 0.725. The molecule has 5 heteroatoms. The number of aliphatic imine (C=N–C) groups is 1. The number of methoxy groups -OCH3 is 1. The number of hydrogen-bond donors (Lipinski definition) is 2. The molecule has 1 saturated heterocycles. The van der Waals surface area contributed by atoms with Crippen molar-refractivity contribution in [3.63, 3.8) is 0 Å². The lowest BCUT2D eigenvalue weighted by Gasteiger charge is -2.16. The molecule has 0 amide bonds. The molecule has 1 heterocycles. The standard InChI is InChI=1S/C18H30N4O/c1-4-22-12-10-15(14-22)13-21-18(19-2)20-11-9-16-7-5-6-8-17(16)23-3/h5-8,15H,4,9-14H2,1-3H3,(H2,19,20,21). The highest BCUT2D eigenvalue weighted by molar-refractivity contribution is 5.79. The van der Waals surface area contributed by atoms with Crippen LogP contribution in [0.1, 0.15) is 18.9 Å². The van der Waals surface area contributed by atoms with E-state index >= 15 is 0 Å². The summed E-state index contributed by atoms with van der Waals surface area (Å²) in [5.74, 6) is 2.56. The van der Waals surface area contributed by atoms with Gasteiger partial charge in [-0.15, -0.1) is 0 Å². The number of nitrogens with zero attached hydrogens (tertiary/aromatic N) is 2. The predicted octanol–water partition coefficient (Wildman–Crippen LogP) is 1.74. The Morgan fingerprint density at radius 1 is 1.35 bits per heavy atom. The zero-order valence-corrected chi connectivity index (χ0v) is 14.6. The van der Waals surface area contributed by atoms with Gasteiger partial charge in [-0.3, -0.25) is 4.99 Å². The normalized spacial score (nSPS) is 18.9. The van der Waals surface area contributed by atoms with Gasteiger partial charge in [0.15, 0.2) is 5.96 Å². The Bertz CT molecular complexity index is 504. The van der Waals surface area contributed by atoms with Crippen molar-refractivity contribution < 1.29 is 4.74 Å². The maximum atomic E-state index is 5.39. The average molecular weight is 318 g/mol. The number of rotatable bonds is 7. The molecule has 128 valence electrons. The largest absolute Gasteiger partial charge is 0.496 e. The third-order valence-corrected chi connectivity index (χ3v) is 4.48. The molecule has 0 aromatic heterocycles. The van der Waals surface area contributed by atoms with E-state index in [4.69, 9.17) is 4.74 Å². The summed E-state index contributed by atoms with van der Waals surface area (Å²) in [4.78, 5) is 6.82.